The fraction of sp³-hybridized carbons (Fsp3) is 0.200. The van der Waals surface area contributed by atoms with Crippen LogP contribution in [0.25, 0.3) is 21.9 Å². The van der Waals surface area contributed by atoms with Gasteiger partial charge in [0.2, 0.25) is 5.91 Å². The molecule has 6 nitrogen and oxygen atoms in total. The van der Waals surface area contributed by atoms with Gasteiger partial charge in [-0.1, -0.05) is 18.2 Å². The van der Waals surface area contributed by atoms with Crippen molar-refractivity contribution < 1.29 is 14.7 Å². The van der Waals surface area contributed by atoms with Gasteiger partial charge in [-0.15, -0.1) is 22.7 Å². The number of carboxylic acid groups (broad SMARTS) is 1. The van der Waals surface area contributed by atoms with Gasteiger partial charge in [0.05, 0.1) is 21.6 Å². The van der Waals surface area contributed by atoms with Gasteiger partial charge in [0.1, 0.15) is 5.01 Å². The number of thiazole rings is 2. The van der Waals surface area contributed by atoms with Crippen molar-refractivity contribution in [3.63, 3.8) is 0 Å². The second-order valence-electron chi connectivity index (χ2n) is 7.73. The highest BCUT2D eigenvalue weighted by atomic mass is 32.1. The topological polar surface area (TPSA) is 83.4 Å². The van der Waals surface area contributed by atoms with Crippen molar-refractivity contribution in [3.8, 4) is 0 Å². The Kier molecular flexibility index (Phi) is 6.67. The van der Waals surface area contributed by atoms with Crippen LogP contribution in [0, 0.1) is 13.8 Å². The summed E-state index contributed by atoms with van der Waals surface area (Å²) < 4.78 is 1.05. The molecule has 0 atom stereocenters. The summed E-state index contributed by atoms with van der Waals surface area (Å²) in [7, 11) is 0. The van der Waals surface area contributed by atoms with Crippen LogP contribution in [0.15, 0.2) is 47.8 Å². The van der Waals surface area contributed by atoms with Crippen molar-refractivity contribution in [3.05, 3.63) is 69.7 Å². The highest BCUT2D eigenvalue weighted by Gasteiger charge is 2.19. The number of carboxylic acids is 1. The number of nitrogens with zero attached hydrogens (tertiary/aromatic N) is 3. The Morgan fingerprint density at radius 1 is 1.06 bits per heavy atom. The van der Waals surface area contributed by atoms with Gasteiger partial charge >= 0.3 is 5.97 Å². The summed E-state index contributed by atoms with van der Waals surface area (Å²) in [4.78, 5) is 34.7. The van der Waals surface area contributed by atoms with Crippen molar-refractivity contribution in [2.75, 3.05) is 4.90 Å². The minimum atomic E-state index is -0.863. The number of aromatic nitrogens is 2. The van der Waals surface area contributed by atoms with Crippen LogP contribution in [0.1, 0.15) is 41.6 Å². The van der Waals surface area contributed by atoms with Gasteiger partial charge in [-0.25, -0.2) is 9.97 Å². The van der Waals surface area contributed by atoms with E-state index < -0.39 is 5.97 Å². The Morgan fingerprint density at radius 2 is 1.85 bits per heavy atom. The van der Waals surface area contributed by atoms with E-state index in [2.05, 4.69) is 4.98 Å². The van der Waals surface area contributed by atoms with E-state index >= 15 is 0 Å². The average molecular weight is 478 g/mol. The number of rotatable bonds is 7. The number of hydrogen-bond acceptors (Lipinski definition) is 6. The summed E-state index contributed by atoms with van der Waals surface area (Å²) in [6.07, 6.45) is 2.22. The van der Waals surface area contributed by atoms with Crippen LogP contribution in [0.4, 0.5) is 10.8 Å². The summed E-state index contributed by atoms with van der Waals surface area (Å²) >= 11 is 2.91. The molecule has 0 aliphatic carbocycles. The molecule has 0 saturated carbocycles. The Hall–Kier alpha value is -3.36. The molecule has 33 heavy (non-hydrogen) atoms. The fourth-order valence-electron chi connectivity index (χ4n) is 3.41. The van der Waals surface area contributed by atoms with Crippen LogP contribution in [0.2, 0.25) is 0 Å². The molecule has 4 aromatic rings. The van der Waals surface area contributed by atoms with Crippen LogP contribution < -0.4 is 4.90 Å². The average Bonchev–Trinajstić information content (AvgIpc) is 3.40. The second kappa shape index (κ2) is 9.64. The molecule has 0 unspecified atom stereocenters. The summed E-state index contributed by atoms with van der Waals surface area (Å²) in [5.41, 5.74) is 5.40. The minimum Gasteiger partial charge on any atom is -0.481 e. The first-order chi connectivity index (χ1) is 15.8. The monoisotopic (exact) mass is 477 g/mol. The van der Waals surface area contributed by atoms with E-state index in [9.17, 15) is 14.7 Å². The maximum Gasteiger partial charge on any atom is 0.303 e. The first-order valence-electron chi connectivity index (χ1n) is 10.4. The zero-order valence-electron chi connectivity index (χ0n) is 18.5. The third-order valence-corrected chi connectivity index (χ3v) is 7.22. The summed E-state index contributed by atoms with van der Waals surface area (Å²) in [5, 5.41) is 12.4. The molecule has 4 rings (SSSR count). The molecular weight excluding hydrogens is 454 g/mol. The number of aliphatic carboxylic acids is 1. The molecule has 2 aromatic carbocycles. The molecule has 1 N–H and O–H groups in total. The predicted molar refractivity (Wildman–Crippen MR) is 135 cm³/mol. The van der Waals surface area contributed by atoms with Gasteiger partial charge in [0.15, 0.2) is 5.13 Å². The van der Waals surface area contributed by atoms with Crippen LogP contribution in [-0.2, 0) is 9.59 Å². The predicted octanol–water partition coefficient (Wildman–Crippen LogP) is 6.46. The lowest BCUT2D eigenvalue weighted by Gasteiger charge is -2.19. The normalized spacial score (nSPS) is 11.7. The highest BCUT2D eigenvalue weighted by Crippen LogP contribution is 2.34. The van der Waals surface area contributed by atoms with Crippen molar-refractivity contribution in [2.45, 2.75) is 33.6 Å². The summed E-state index contributed by atoms with van der Waals surface area (Å²) in [6.45, 7) is 5.57. The number of fused-ring (bicyclic) bond motifs is 1. The molecule has 8 heteroatoms. The number of amides is 1. The largest absolute Gasteiger partial charge is 0.481 e. The molecule has 0 saturated heterocycles. The van der Waals surface area contributed by atoms with E-state index in [4.69, 9.17) is 4.98 Å². The van der Waals surface area contributed by atoms with E-state index in [1.54, 1.807) is 4.90 Å². The zero-order chi connectivity index (χ0) is 23.5. The lowest BCUT2D eigenvalue weighted by Crippen LogP contribution is -2.22. The molecule has 2 aromatic heterocycles. The molecule has 168 valence electrons. The van der Waals surface area contributed by atoms with Gasteiger partial charge in [-0.05, 0) is 67.3 Å². The van der Waals surface area contributed by atoms with Crippen LogP contribution >= 0.6 is 22.7 Å². The molecule has 0 radical (unpaired) electrons. The third-order valence-electron chi connectivity index (χ3n) is 5.26. The van der Waals surface area contributed by atoms with Gasteiger partial charge in [-0.2, -0.15) is 0 Å². The highest BCUT2D eigenvalue weighted by molar-refractivity contribution is 7.19. The Balaban J connectivity index is 1.71. The number of anilines is 2. The van der Waals surface area contributed by atoms with Gasteiger partial charge < -0.3 is 5.11 Å². The molecule has 2 heterocycles. The van der Waals surface area contributed by atoms with Crippen molar-refractivity contribution in [2.24, 2.45) is 0 Å². The third kappa shape index (κ3) is 5.18. The van der Waals surface area contributed by atoms with E-state index in [-0.39, 0.29) is 12.3 Å². The number of benzene rings is 2. The van der Waals surface area contributed by atoms with Crippen LogP contribution in [0.3, 0.4) is 0 Å². The van der Waals surface area contributed by atoms with Crippen LogP contribution in [-0.4, -0.2) is 27.0 Å². The first-order valence-corrected chi connectivity index (χ1v) is 12.1. The van der Waals surface area contributed by atoms with E-state index in [1.165, 1.54) is 29.6 Å². The van der Waals surface area contributed by atoms with Gasteiger partial charge in [0, 0.05) is 18.7 Å². The molecule has 0 spiro atoms. The number of para-hydroxylation sites is 1. The van der Waals surface area contributed by atoms with E-state index in [0.29, 0.717) is 17.2 Å². The van der Waals surface area contributed by atoms with Crippen LogP contribution in [0.5, 0.6) is 0 Å². The summed E-state index contributed by atoms with van der Waals surface area (Å²) in [6, 6.07) is 13.7. The fourth-order valence-corrected chi connectivity index (χ4v) is 5.26. The van der Waals surface area contributed by atoms with E-state index in [0.717, 1.165) is 37.6 Å². The molecular formula is C25H23N3O3S2. The number of allylic oxidation sites excluding steroid dienone is 1. The SMILES string of the molecule is CC(=O)N(c1ccc(C)c(C)c1)c1nc(/C=C(\CCC(=O)O)c2nc3ccccc3s2)cs1. The molecule has 0 aliphatic heterocycles. The smallest absolute Gasteiger partial charge is 0.303 e. The number of carbonyl (C=O) groups is 2. The lowest BCUT2D eigenvalue weighted by atomic mass is 10.1. The first kappa shape index (κ1) is 22.8. The summed E-state index contributed by atoms with van der Waals surface area (Å²) in [5.74, 6) is -0.987. The Labute approximate surface area is 199 Å². The Morgan fingerprint density at radius 3 is 2.55 bits per heavy atom. The standard InChI is InChI=1S/C25H23N3O3S2/c1-15-8-10-20(12-16(15)2)28(17(3)29)25-26-19(14-32-25)13-18(9-11-23(30)31)24-27-21-6-4-5-7-22(21)33-24/h4-8,10,12-14H,9,11H2,1-3H3,(H,30,31)/b18-13+. The van der Waals surface area contributed by atoms with Crippen molar-refractivity contribution >= 4 is 67.2 Å². The molecule has 1 amide bonds. The van der Waals surface area contributed by atoms with Gasteiger partial charge in [0.25, 0.3) is 0 Å². The van der Waals surface area contributed by atoms with Crippen molar-refractivity contribution in [1.82, 2.24) is 9.97 Å². The molecule has 0 bridgehead atoms. The quantitative estimate of drug-likeness (QED) is 0.330. The van der Waals surface area contributed by atoms with Crippen molar-refractivity contribution in [1.29, 1.82) is 0 Å². The van der Waals surface area contributed by atoms with E-state index in [1.807, 2.05) is 67.8 Å². The second-order valence-corrected chi connectivity index (χ2v) is 9.60. The molecule has 0 fully saturated rings. The lowest BCUT2D eigenvalue weighted by molar-refractivity contribution is -0.136. The molecule has 0 aliphatic rings. The maximum atomic E-state index is 12.5. The van der Waals surface area contributed by atoms with Gasteiger partial charge in [-0.3, -0.25) is 14.5 Å². The number of hydrogen-bond donors (Lipinski definition) is 1. The minimum absolute atomic E-state index is 0.000959. The Bertz CT molecular complexity index is 1340. The number of carbonyl (C=O) groups excluding carboxylic acids is 1. The maximum absolute atomic E-state index is 12.5. The zero-order valence-corrected chi connectivity index (χ0v) is 20.2. The number of aryl methyl sites for hydroxylation is 2.